The smallest absolute Gasteiger partial charge is 0.406 e. The van der Waals surface area contributed by atoms with Gasteiger partial charge in [0, 0.05) is 19.5 Å². The van der Waals surface area contributed by atoms with Crippen LogP contribution >= 0.6 is 12.4 Å². The highest BCUT2D eigenvalue weighted by atomic mass is 35.5. The molecule has 1 aliphatic heterocycles. The number of hydrogen-bond donors (Lipinski definition) is 1. The van der Waals surface area contributed by atoms with Crippen molar-refractivity contribution in [2.24, 2.45) is 5.92 Å². The van der Waals surface area contributed by atoms with Crippen molar-refractivity contribution in [3.05, 3.63) is 29.8 Å². The van der Waals surface area contributed by atoms with Crippen molar-refractivity contribution in [2.45, 2.75) is 25.6 Å². The molecule has 1 saturated heterocycles. The van der Waals surface area contributed by atoms with E-state index in [1.54, 1.807) is 12.1 Å². The molecule has 136 valence electrons. The summed E-state index contributed by atoms with van der Waals surface area (Å²) in [6, 6.07) is 5.66. The first-order valence-electron chi connectivity index (χ1n) is 7.64. The number of alkyl halides is 3. The second-order valence-electron chi connectivity index (χ2n) is 5.74. The number of ether oxygens (including phenoxy) is 1. The first kappa shape index (κ1) is 20.6. The van der Waals surface area contributed by atoms with Crippen molar-refractivity contribution in [1.82, 2.24) is 10.2 Å². The number of aryl methyl sites for hydroxylation is 1. The molecule has 1 aromatic rings. The van der Waals surface area contributed by atoms with Crippen molar-refractivity contribution in [2.75, 3.05) is 26.7 Å². The van der Waals surface area contributed by atoms with E-state index >= 15 is 0 Å². The van der Waals surface area contributed by atoms with E-state index in [-0.39, 0.29) is 24.1 Å². The van der Waals surface area contributed by atoms with Gasteiger partial charge in [-0.15, -0.1) is 25.6 Å². The molecule has 0 aromatic heterocycles. The molecular formula is C16H22ClF3N2O2. The molecule has 0 radical (unpaired) electrons. The van der Waals surface area contributed by atoms with E-state index in [0.717, 1.165) is 31.6 Å². The van der Waals surface area contributed by atoms with Crippen LogP contribution in [0.4, 0.5) is 13.2 Å². The predicted octanol–water partition coefficient (Wildman–Crippen LogP) is 3.01. The Hall–Kier alpha value is -1.47. The van der Waals surface area contributed by atoms with Crippen molar-refractivity contribution in [3.8, 4) is 5.75 Å². The zero-order valence-corrected chi connectivity index (χ0v) is 14.3. The molecule has 0 aliphatic carbocycles. The topological polar surface area (TPSA) is 41.6 Å². The Kier molecular flexibility index (Phi) is 7.83. The SMILES string of the molecule is CNCC1CCN(C(=O)CCc2ccc(OC(F)(F)F)cc2)C1.Cl. The highest BCUT2D eigenvalue weighted by molar-refractivity contribution is 5.85. The van der Waals surface area contributed by atoms with Gasteiger partial charge >= 0.3 is 6.36 Å². The van der Waals surface area contributed by atoms with Crippen LogP contribution in [0.25, 0.3) is 0 Å². The highest BCUT2D eigenvalue weighted by Crippen LogP contribution is 2.23. The third-order valence-electron chi connectivity index (χ3n) is 3.92. The van der Waals surface area contributed by atoms with E-state index in [9.17, 15) is 18.0 Å². The third-order valence-corrected chi connectivity index (χ3v) is 3.92. The Labute approximate surface area is 145 Å². The molecule has 1 fully saturated rings. The van der Waals surface area contributed by atoms with Gasteiger partial charge in [0.05, 0.1) is 0 Å². The Morgan fingerprint density at radius 1 is 1.33 bits per heavy atom. The van der Waals surface area contributed by atoms with Crippen LogP contribution in [0.1, 0.15) is 18.4 Å². The lowest BCUT2D eigenvalue weighted by molar-refractivity contribution is -0.274. The Morgan fingerprint density at radius 2 is 2.00 bits per heavy atom. The first-order valence-corrected chi connectivity index (χ1v) is 7.64. The van der Waals surface area contributed by atoms with Crippen LogP contribution in [-0.4, -0.2) is 43.9 Å². The van der Waals surface area contributed by atoms with Crippen LogP contribution in [0.15, 0.2) is 24.3 Å². The summed E-state index contributed by atoms with van der Waals surface area (Å²) in [7, 11) is 1.90. The zero-order valence-electron chi connectivity index (χ0n) is 13.4. The number of hydrogen-bond acceptors (Lipinski definition) is 3. The summed E-state index contributed by atoms with van der Waals surface area (Å²) in [6.45, 7) is 2.46. The number of rotatable bonds is 6. The summed E-state index contributed by atoms with van der Waals surface area (Å²) in [6.07, 6.45) is -2.79. The quantitative estimate of drug-likeness (QED) is 0.841. The molecule has 1 atom stereocenters. The Balaban J connectivity index is 0.00000288. The normalized spacial score (nSPS) is 17.5. The third kappa shape index (κ3) is 6.57. The largest absolute Gasteiger partial charge is 0.573 e. The van der Waals surface area contributed by atoms with Gasteiger partial charge in [0.2, 0.25) is 5.91 Å². The summed E-state index contributed by atoms with van der Waals surface area (Å²) >= 11 is 0. The zero-order chi connectivity index (χ0) is 16.9. The predicted molar refractivity (Wildman–Crippen MR) is 87.3 cm³/mol. The van der Waals surface area contributed by atoms with E-state index in [0.29, 0.717) is 18.8 Å². The highest BCUT2D eigenvalue weighted by Gasteiger charge is 2.31. The maximum atomic E-state index is 12.2. The van der Waals surface area contributed by atoms with Gasteiger partial charge in [0.15, 0.2) is 0 Å². The summed E-state index contributed by atoms with van der Waals surface area (Å²) < 4.78 is 40.1. The maximum absolute atomic E-state index is 12.2. The summed E-state index contributed by atoms with van der Waals surface area (Å²) in [4.78, 5) is 14.0. The number of carbonyl (C=O) groups excluding carboxylic acids is 1. The average Bonchev–Trinajstić information content (AvgIpc) is 2.94. The minimum atomic E-state index is -4.68. The van der Waals surface area contributed by atoms with Crippen molar-refractivity contribution < 1.29 is 22.7 Å². The fourth-order valence-electron chi connectivity index (χ4n) is 2.78. The van der Waals surface area contributed by atoms with Crippen molar-refractivity contribution >= 4 is 18.3 Å². The molecule has 2 rings (SSSR count). The summed E-state index contributed by atoms with van der Waals surface area (Å²) in [5, 5.41) is 3.12. The van der Waals surface area contributed by atoms with Gasteiger partial charge in [-0.2, -0.15) is 0 Å². The van der Waals surface area contributed by atoms with E-state index in [2.05, 4.69) is 10.1 Å². The number of carbonyl (C=O) groups is 1. The number of benzene rings is 1. The summed E-state index contributed by atoms with van der Waals surface area (Å²) in [5.74, 6) is 0.351. The van der Waals surface area contributed by atoms with Crippen LogP contribution in [-0.2, 0) is 11.2 Å². The maximum Gasteiger partial charge on any atom is 0.573 e. The minimum absolute atomic E-state index is 0. The molecule has 4 nitrogen and oxygen atoms in total. The molecule has 1 unspecified atom stereocenters. The van der Waals surface area contributed by atoms with Gasteiger partial charge in [-0.3, -0.25) is 4.79 Å². The Morgan fingerprint density at radius 3 is 2.58 bits per heavy atom. The first-order chi connectivity index (χ1) is 10.9. The number of halogens is 4. The molecule has 1 amide bonds. The van der Waals surface area contributed by atoms with E-state index < -0.39 is 6.36 Å². The van der Waals surface area contributed by atoms with E-state index in [1.807, 2.05) is 11.9 Å². The molecule has 24 heavy (non-hydrogen) atoms. The van der Waals surface area contributed by atoms with Gasteiger partial charge in [-0.25, -0.2) is 0 Å². The number of nitrogens with one attached hydrogen (secondary N) is 1. The minimum Gasteiger partial charge on any atom is -0.406 e. The fraction of sp³-hybridized carbons (Fsp3) is 0.562. The second-order valence-corrected chi connectivity index (χ2v) is 5.74. The number of likely N-dealkylation sites (tertiary alicyclic amines) is 1. The molecular weight excluding hydrogens is 345 g/mol. The van der Waals surface area contributed by atoms with Gasteiger partial charge in [0.1, 0.15) is 5.75 Å². The summed E-state index contributed by atoms with van der Waals surface area (Å²) in [5.41, 5.74) is 0.818. The molecule has 0 bridgehead atoms. The van der Waals surface area contributed by atoms with Crippen LogP contribution in [0, 0.1) is 5.92 Å². The van der Waals surface area contributed by atoms with Gasteiger partial charge in [0.25, 0.3) is 0 Å². The molecule has 1 heterocycles. The fourth-order valence-corrected chi connectivity index (χ4v) is 2.78. The van der Waals surface area contributed by atoms with Gasteiger partial charge in [-0.1, -0.05) is 12.1 Å². The number of amides is 1. The van der Waals surface area contributed by atoms with Gasteiger partial charge in [-0.05, 0) is 50.0 Å². The van der Waals surface area contributed by atoms with Crippen molar-refractivity contribution in [3.63, 3.8) is 0 Å². The lowest BCUT2D eigenvalue weighted by Crippen LogP contribution is -2.30. The average molecular weight is 367 g/mol. The molecule has 0 spiro atoms. The lowest BCUT2D eigenvalue weighted by atomic mass is 10.1. The van der Waals surface area contributed by atoms with E-state index in [1.165, 1.54) is 12.1 Å². The number of nitrogens with zero attached hydrogens (tertiary/aromatic N) is 1. The molecule has 1 aliphatic rings. The van der Waals surface area contributed by atoms with Gasteiger partial charge < -0.3 is 15.0 Å². The lowest BCUT2D eigenvalue weighted by Gasteiger charge is -2.16. The van der Waals surface area contributed by atoms with Crippen LogP contribution in [0.3, 0.4) is 0 Å². The molecule has 1 aromatic carbocycles. The Bertz CT molecular complexity index is 523. The standard InChI is InChI=1S/C16H21F3N2O2.ClH/c1-20-10-13-8-9-21(11-13)15(22)7-4-12-2-5-14(6-3-12)23-16(17,18)19;/h2-3,5-6,13,20H,4,7-11H2,1H3;1H. The van der Waals surface area contributed by atoms with Crippen LogP contribution in [0.5, 0.6) is 5.75 Å². The second kappa shape index (κ2) is 9.13. The van der Waals surface area contributed by atoms with Crippen LogP contribution < -0.4 is 10.1 Å². The molecule has 0 saturated carbocycles. The van der Waals surface area contributed by atoms with Crippen LogP contribution in [0.2, 0.25) is 0 Å². The molecule has 1 N–H and O–H groups in total. The van der Waals surface area contributed by atoms with E-state index in [4.69, 9.17) is 0 Å². The molecule has 8 heteroatoms. The van der Waals surface area contributed by atoms with Crippen molar-refractivity contribution in [1.29, 1.82) is 0 Å². The monoisotopic (exact) mass is 366 g/mol.